The predicted molar refractivity (Wildman–Crippen MR) is 104 cm³/mol. The third-order valence-electron chi connectivity index (χ3n) is 4.74. The second-order valence-electron chi connectivity index (χ2n) is 6.59. The Morgan fingerprint density at radius 1 is 1.19 bits per heavy atom. The van der Waals surface area contributed by atoms with Gasteiger partial charge in [0.25, 0.3) is 5.91 Å². The Morgan fingerprint density at radius 2 is 1.96 bits per heavy atom. The van der Waals surface area contributed by atoms with Crippen LogP contribution in [0.15, 0.2) is 42.5 Å². The van der Waals surface area contributed by atoms with E-state index in [1.807, 2.05) is 37.3 Å². The molecule has 1 amide bonds. The van der Waals surface area contributed by atoms with Gasteiger partial charge in [0.15, 0.2) is 6.10 Å². The molecule has 0 spiro atoms. The highest BCUT2D eigenvalue weighted by Crippen LogP contribution is 2.26. The molecule has 2 aromatic rings. The number of hydrogen-bond acceptors (Lipinski definition) is 4. The Bertz CT molecular complexity index is 708. The fourth-order valence-electron chi connectivity index (χ4n) is 3.23. The van der Waals surface area contributed by atoms with E-state index in [0.717, 1.165) is 55.8 Å². The Morgan fingerprint density at radius 3 is 2.77 bits per heavy atom. The van der Waals surface area contributed by atoms with E-state index in [4.69, 9.17) is 9.47 Å². The summed E-state index contributed by atoms with van der Waals surface area (Å²) in [5, 5.41) is 5.17. The lowest BCUT2D eigenvalue weighted by molar-refractivity contribution is -0.128. The number of amides is 1. The summed E-state index contributed by atoms with van der Waals surface area (Å²) in [5.41, 5.74) is 0. The van der Waals surface area contributed by atoms with Crippen LogP contribution < -0.4 is 10.1 Å². The topological polar surface area (TPSA) is 50.8 Å². The number of morpholine rings is 1. The smallest absolute Gasteiger partial charge is 0.261 e. The Kier molecular flexibility index (Phi) is 6.86. The highest BCUT2D eigenvalue weighted by atomic mass is 16.5. The largest absolute Gasteiger partial charge is 0.480 e. The van der Waals surface area contributed by atoms with Crippen molar-refractivity contribution in [3.8, 4) is 5.75 Å². The fourth-order valence-corrected chi connectivity index (χ4v) is 3.23. The van der Waals surface area contributed by atoms with Crippen molar-refractivity contribution in [2.75, 3.05) is 39.4 Å². The summed E-state index contributed by atoms with van der Waals surface area (Å²) >= 11 is 0. The normalized spacial score (nSPS) is 16.3. The molecule has 1 atom stereocenters. The average molecular weight is 356 g/mol. The van der Waals surface area contributed by atoms with Crippen molar-refractivity contribution in [1.29, 1.82) is 0 Å². The number of hydrogen-bond donors (Lipinski definition) is 1. The minimum atomic E-state index is -0.468. The Labute approximate surface area is 155 Å². The molecule has 5 nitrogen and oxygen atoms in total. The van der Waals surface area contributed by atoms with Crippen LogP contribution in [0.4, 0.5) is 0 Å². The van der Waals surface area contributed by atoms with Gasteiger partial charge in [-0.3, -0.25) is 9.69 Å². The molecular weight excluding hydrogens is 328 g/mol. The van der Waals surface area contributed by atoms with Crippen LogP contribution >= 0.6 is 0 Å². The van der Waals surface area contributed by atoms with Crippen LogP contribution in [0.5, 0.6) is 5.75 Å². The number of nitrogens with one attached hydrogen (secondary N) is 1. The standard InChI is InChI=1S/C21H28N2O3/c1-2-19(21(24)22-11-6-12-23-13-15-25-16-14-23)26-20-10-5-8-17-7-3-4-9-18(17)20/h3-5,7-10,19H,2,6,11-16H2,1H3,(H,22,24). The molecule has 0 radical (unpaired) electrons. The lowest BCUT2D eigenvalue weighted by Crippen LogP contribution is -2.41. The predicted octanol–water partition coefficient (Wildman–Crippen LogP) is 2.84. The van der Waals surface area contributed by atoms with Crippen molar-refractivity contribution in [3.05, 3.63) is 42.5 Å². The van der Waals surface area contributed by atoms with E-state index < -0.39 is 6.10 Å². The SMILES string of the molecule is CCC(Oc1cccc2ccccc12)C(=O)NCCCN1CCOCC1. The lowest BCUT2D eigenvalue weighted by Gasteiger charge is -2.26. The van der Waals surface area contributed by atoms with Crippen LogP contribution in [0.3, 0.4) is 0 Å². The van der Waals surface area contributed by atoms with E-state index in [1.54, 1.807) is 0 Å². The van der Waals surface area contributed by atoms with Gasteiger partial charge in [-0.05, 0) is 30.8 Å². The number of nitrogens with zero attached hydrogens (tertiary/aromatic N) is 1. The van der Waals surface area contributed by atoms with E-state index in [2.05, 4.69) is 22.3 Å². The summed E-state index contributed by atoms with van der Waals surface area (Å²) in [6.45, 7) is 7.22. The molecule has 0 bridgehead atoms. The molecule has 140 valence electrons. The molecule has 1 saturated heterocycles. The van der Waals surface area contributed by atoms with Crippen molar-refractivity contribution in [1.82, 2.24) is 10.2 Å². The van der Waals surface area contributed by atoms with Crippen LogP contribution in [0.2, 0.25) is 0 Å². The third-order valence-corrected chi connectivity index (χ3v) is 4.74. The molecule has 0 aromatic heterocycles. The summed E-state index contributed by atoms with van der Waals surface area (Å²) in [7, 11) is 0. The van der Waals surface area contributed by atoms with E-state index in [9.17, 15) is 4.79 Å². The van der Waals surface area contributed by atoms with Gasteiger partial charge in [0.05, 0.1) is 13.2 Å². The van der Waals surface area contributed by atoms with Crippen molar-refractivity contribution >= 4 is 16.7 Å². The number of ether oxygens (including phenoxy) is 2. The van der Waals surface area contributed by atoms with Gasteiger partial charge in [0, 0.05) is 25.0 Å². The molecular formula is C21H28N2O3. The number of carbonyl (C=O) groups is 1. The van der Waals surface area contributed by atoms with Crippen LogP contribution in [0, 0.1) is 0 Å². The average Bonchev–Trinajstić information content (AvgIpc) is 2.70. The molecule has 1 aliphatic rings. The van der Waals surface area contributed by atoms with Gasteiger partial charge >= 0.3 is 0 Å². The van der Waals surface area contributed by atoms with E-state index in [1.165, 1.54) is 0 Å². The highest BCUT2D eigenvalue weighted by Gasteiger charge is 2.19. The molecule has 1 N–H and O–H groups in total. The van der Waals surface area contributed by atoms with Crippen molar-refractivity contribution < 1.29 is 14.3 Å². The molecule has 1 unspecified atom stereocenters. The first-order chi connectivity index (χ1) is 12.8. The van der Waals surface area contributed by atoms with Crippen molar-refractivity contribution in [3.63, 3.8) is 0 Å². The second kappa shape index (κ2) is 9.55. The van der Waals surface area contributed by atoms with Crippen LogP contribution in [-0.4, -0.2) is 56.3 Å². The van der Waals surface area contributed by atoms with Gasteiger partial charge in [0.2, 0.25) is 0 Å². The quantitative estimate of drug-likeness (QED) is 0.739. The zero-order chi connectivity index (χ0) is 18.2. The third kappa shape index (κ3) is 4.96. The Balaban J connectivity index is 1.50. The first-order valence-corrected chi connectivity index (χ1v) is 9.50. The molecule has 3 rings (SSSR count). The summed E-state index contributed by atoms with van der Waals surface area (Å²) in [6.07, 6.45) is 1.11. The first-order valence-electron chi connectivity index (χ1n) is 9.50. The van der Waals surface area contributed by atoms with Gasteiger partial charge in [-0.1, -0.05) is 43.3 Å². The van der Waals surface area contributed by atoms with Crippen LogP contribution in [0.1, 0.15) is 19.8 Å². The number of rotatable bonds is 8. The maximum Gasteiger partial charge on any atom is 0.261 e. The number of benzene rings is 2. The molecule has 5 heteroatoms. The van der Waals surface area contributed by atoms with Gasteiger partial charge in [-0.2, -0.15) is 0 Å². The van der Waals surface area contributed by atoms with Gasteiger partial charge in [0.1, 0.15) is 5.75 Å². The van der Waals surface area contributed by atoms with E-state index in [0.29, 0.717) is 13.0 Å². The minimum Gasteiger partial charge on any atom is -0.480 e. The molecule has 1 heterocycles. The highest BCUT2D eigenvalue weighted by molar-refractivity contribution is 5.89. The molecule has 0 aliphatic carbocycles. The maximum absolute atomic E-state index is 12.5. The van der Waals surface area contributed by atoms with Crippen LogP contribution in [0.25, 0.3) is 10.8 Å². The minimum absolute atomic E-state index is 0.0394. The monoisotopic (exact) mass is 356 g/mol. The van der Waals surface area contributed by atoms with E-state index in [-0.39, 0.29) is 5.91 Å². The zero-order valence-electron chi connectivity index (χ0n) is 15.4. The summed E-state index contributed by atoms with van der Waals surface area (Å²) in [4.78, 5) is 14.9. The van der Waals surface area contributed by atoms with Crippen molar-refractivity contribution in [2.45, 2.75) is 25.9 Å². The number of fused-ring (bicyclic) bond motifs is 1. The summed E-state index contributed by atoms with van der Waals surface area (Å²) < 4.78 is 11.4. The molecule has 1 aliphatic heterocycles. The first kappa shape index (κ1) is 18.7. The van der Waals surface area contributed by atoms with Gasteiger partial charge in [-0.25, -0.2) is 0 Å². The van der Waals surface area contributed by atoms with Gasteiger partial charge in [-0.15, -0.1) is 0 Å². The van der Waals surface area contributed by atoms with Crippen molar-refractivity contribution in [2.24, 2.45) is 0 Å². The molecule has 26 heavy (non-hydrogen) atoms. The summed E-state index contributed by atoms with van der Waals surface area (Å²) in [6, 6.07) is 14.0. The summed E-state index contributed by atoms with van der Waals surface area (Å²) in [5.74, 6) is 0.723. The molecule has 0 saturated carbocycles. The number of carbonyl (C=O) groups excluding carboxylic acids is 1. The van der Waals surface area contributed by atoms with E-state index >= 15 is 0 Å². The van der Waals surface area contributed by atoms with Crippen LogP contribution in [-0.2, 0) is 9.53 Å². The van der Waals surface area contributed by atoms with Gasteiger partial charge < -0.3 is 14.8 Å². The fraction of sp³-hybridized carbons (Fsp3) is 0.476. The Hall–Kier alpha value is -2.11. The molecule has 2 aromatic carbocycles. The lowest BCUT2D eigenvalue weighted by atomic mass is 10.1. The molecule has 1 fully saturated rings. The zero-order valence-corrected chi connectivity index (χ0v) is 15.4. The maximum atomic E-state index is 12.5. The second-order valence-corrected chi connectivity index (χ2v) is 6.59.